The average Bonchev–Trinajstić information content (AvgIpc) is 3.18. The van der Waals surface area contributed by atoms with Crippen LogP contribution in [0.1, 0.15) is 54.4 Å². The molecular formula is C32H38O5S2. The average molecular weight is 567 g/mol. The molecule has 0 aliphatic heterocycles. The van der Waals surface area contributed by atoms with Gasteiger partial charge in [0.25, 0.3) is 0 Å². The van der Waals surface area contributed by atoms with Gasteiger partial charge in [-0.2, -0.15) is 0 Å². The van der Waals surface area contributed by atoms with Crippen LogP contribution in [-0.2, 0) is 25.8 Å². The molecule has 3 unspecified atom stereocenters. The van der Waals surface area contributed by atoms with Gasteiger partial charge in [0.15, 0.2) is 20.5 Å². The zero-order valence-corrected chi connectivity index (χ0v) is 25.1. The molecule has 7 heteroatoms. The van der Waals surface area contributed by atoms with Gasteiger partial charge in [-0.1, -0.05) is 57.2 Å². The molecule has 0 spiro atoms. The Labute approximate surface area is 236 Å². The van der Waals surface area contributed by atoms with Gasteiger partial charge in [-0.25, -0.2) is 8.42 Å². The third kappa shape index (κ3) is 5.96. The fourth-order valence-electron chi connectivity index (χ4n) is 5.85. The van der Waals surface area contributed by atoms with Gasteiger partial charge in [-0.15, -0.1) is 0 Å². The van der Waals surface area contributed by atoms with E-state index in [2.05, 4.69) is 106 Å². The molecule has 3 aromatic carbocycles. The van der Waals surface area contributed by atoms with E-state index in [1.54, 1.807) is 6.92 Å². The summed E-state index contributed by atoms with van der Waals surface area (Å²) in [6.45, 7) is 11.8. The molecule has 0 amide bonds. The number of fused-ring (bicyclic) bond motifs is 2. The van der Waals surface area contributed by atoms with Crippen LogP contribution in [0.2, 0.25) is 0 Å². The third-order valence-electron chi connectivity index (χ3n) is 8.22. The first-order chi connectivity index (χ1) is 18.1. The largest absolute Gasteiger partial charge is 0.747 e. The number of ketones is 1. The summed E-state index contributed by atoms with van der Waals surface area (Å²) in [5.41, 5.74) is -1.17. The number of ether oxygens (including phenoxy) is 1. The molecule has 2 saturated carbocycles. The summed E-state index contributed by atoms with van der Waals surface area (Å²) in [6.07, 6.45) is 1.37. The van der Waals surface area contributed by atoms with Gasteiger partial charge in [-0.05, 0) is 93.5 Å². The van der Waals surface area contributed by atoms with E-state index in [1.165, 1.54) is 14.7 Å². The van der Waals surface area contributed by atoms with E-state index in [-0.39, 0.29) is 33.6 Å². The number of hydrogen-bond acceptors (Lipinski definition) is 5. The molecule has 0 heterocycles. The Hall–Kier alpha value is -2.61. The van der Waals surface area contributed by atoms with E-state index in [0.717, 1.165) is 5.75 Å². The molecule has 5 rings (SSSR count). The van der Waals surface area contributed by atoms with E-state index >= 15 is 0 Å². The standard InChI is InChI=1S/C22H23OS.C10H16O4S/c1-22(2,3)23-18-14-16-21(17-15-18)24(19-10-6-4-7-11-19)20-12-8-5-9-13-20;1-9(2)6-4-5-10(9,3)8(11)7(6)15(12,13)14/h4-17H,1-3H3;6-7H,4-5H2,1-3H3,(H,12,13,14)/q+1;/p-1. The van der Waals surface area contributed by atoms with E-state index in [1.807, 2.05) is 13.8 Å². The van der Waals surface area contributed by atoms with Crippen LogP contribution in [0.15, 0.2) is 99.6 Å². The Balaban J connectivity index is 0.000000202. The normalized spacial score (nSPS) is 23.8. The van der Waals surface area contributed by atoms with Crippen molar-refractivity contribution in [2.75, 3.05) is 0 Å². The van der Waals surface area contributed by atoms with Crippen LogP contribution in [0.4, 0.5) is 0 Å². The van der Waals surface area contributed by atoms with Crippen molar-refractivity contribution in [3.8, 4) is 5.75 Å². The number of benzene rings is 3. The molecule has 2 bridgehead atoms. The van der Waals surface area contributed by atoms with Gasteiger partial charge in [0.2, 0.25) is 0 Å². The summed E-state index contributed by atoms with van der Waals surface area (Å²) in [6, 6.07) is 29.9. The highest BCUT2D eigenvalue weighted by atomic mass is 32.2. The van der Waals surface area contributed by atoms with Crippen LogP contribution in [-0.4, -0.2) is 29.6 Å². The number of rotatable bonds is 5. The number of carbonyl (C=O) groups excluding carboxylic acids is 1. The van der Waals surface area contributed by atoms with Crippen molar-refractivity contribution in [2.45, 2.75) is 79.9 Å². The van der Waals surface area contributed by atoms with Crippen LogP contribution in [0.5, 0.6) is 5.75 Å². The molecule has 39 heavy (non-hydrogen) atoms. The maximum Gasteiger partial charge on any atom is 0.166 e. The second-order valence-corrected chi connectivity index (χ2v) is 15.6. The van der Waals surface area contributed by atoms with Crippen LogP contribution < -0.4 is 4.74 Å². The Bertz CT molecular complexity index is 1350. The zero-order valence-electron chi connectivity index (χ0n) is 23.5. The molecule has 2 fully saturated rings. The highest BCUT2D eigenvalue weighted by Gasteiger charge is 2.67. The van der Waals surface area contributed by atoms with Crippen LogP contribution in [0.3, 0.4) is 0 Å². The first-order valence-electron chi connectivity index (χ1n) is 13.3. The molecule has 0 saturated heterocycles. The quantitative estimate of drug-likeness (QED) is 0.248. The van der Waals surface area contributed by atoms with Crippen molar-refractivity contribution in [3.63, 3.8) is 0 Å². The lowest BCUT2D eigenvalue weighted by Gasteiger charge is -2.32. The third-order valence-corrected chi connectivity index (χ3v) is 11.6. The van der Waals surface area contributed by atoms with Crippen molar-refractivity contribution in [3.05, 3.63) is 84.9 Å². The van der Waals surface area contributed by atoms with E-state index < -0.39 is 20.8 Å². The molecule has 5 nitrogen and oxygen atoms in total. The minimum atomic E-state index is -4.49. The zero-order chi connectivity index (χ0) is 28.6. The van der Waals surface area contributed by atoms with Crippen LogP contribution >= 0.6 is 0 Å². The van der Waals surface area contributed by atoms with Crippen molar-refractivity contribution >= 4 is 26.8 Å². The SMILES string of the molecule is CC(C)(C)Oc1ccc([S+](c2ccccc2)c2ccccc2)cc1.CC12CCC(C(S(=O)(=O)[O-])C1=O)C2(C)C. The molecule has 0 N–H and O–H groups in total. The van der Waals surface area contributed by atoms with Gasteiger partial charge >= 0.3 is 0 Å². The van der Waals surface area contributed by atoms with Crippen molar-refractivity contribution in [1.82, 2.24) is 0 Å². The smallest absolute Gasteiger partial charge is 0.166 e. The minimum Gasteiger partial charge on any atom is -0.747 e. The monoisotopic (exact) mass is 566 g/mol. The van der Waals surface area contributed by atoms with Gasteiger partial charge in [-0.3, -0.25) is 4.79 Å². The molecule has 0 radical (unpaired) electrons. The Morgan fingerprint density at radius 1 is 0.821 bits per heavy atom. The van der Waals surface area contributed by atoms with Crippen LogP contribution in [0, 0.1) is 16.7 Å². The van der Waals surface area contributed by atoms with E-state index in [0.29, 0.717) is 12.8 Å². The number of hydrogen-bond donors (Lipinski definition) is 0. The first kappa shape index (κ1) is 29.4. The molecule has 208 valence electrons. The lowest BCUT2D eigenvalue weighted by molar-refractivity contribution is -0.128. The van der Waals surface area contributed by atoms with Crippen molar-refractivity contribution in [2.24, 2.45) is 16.7 Å². The lowest BCUT2D eigenvalue weighted by atomic mass is 9.70. The van der Waals surface area contributed by atoms with Gasteiger partial charge in [0, 0.05) is 5.41 Å². The number of carbonyl (C=O) groups is 1. The fraction of sp³-hybridized carbons (Fsp3) is 0.406. The Kier molecular flexibility index (Phi) is 8.10. The molecule has 2 aliphatic carbocycles. The molecule has 2 aliphatic rings. The summed E-state index contributed by atoms with van der Waals surface area (Å²) in [7, 11) is -4.59. The molecule has 0 aromatic heterocycles. The second-order valence-electron chi connectivity index (χ2n) is 12.1. The molecular weight excluding hydrogens is 528 g/mol. The van der Waals surface area contributed by atoms with Crippen LogP contribution in [0.25, 0.3) is 0 Å². The summed E-state index contributed by atoms with van der Waals surface area (Å²) < 4.78 is 39.2. The fourth-order valence-corrected chi connectivity index (χ4v) is 9.34. The molecule has 3 atom stereocenters. The highest BCUT2D eigenvalue weighted by Crippen LogP contribution is 2.64. The summed E-state index contributed by atoms with van der Waals surface area (Å²) in [4.78, 5) is 15.9. The predicted octanol–water partition coefficient (Wildman–Crippen LogP) is 6.88. The van der Waals surface area contributed by atoms with Crippen molar-refractivity contribution < 1.29 is 22.5 Å². The van der Waals surface area contributed by atoms with Gasteiger partial charge in [0.05, 0.1) is 10.9 Å². The minimum absolute atomic E-state index is 0.102. The summed E-state index contributed by atoms with van der Waals surface area (Å²) in [5.74, 6) is 0.257. The number of Topliss-reactive ketones (excluding diaryl/α,β-unsaturated/α-hetero) is 1. The predicted molar refractivity (Wildman–Crippen MR) is 155 cm³/mol. The summed E-state index contributed by atoms with van der Waals surface area (Å²) in [5, 5.41) is -1.30. The second kappa shape index (κ2) is 10.8. The van der Waals surface area contributed by atoms with Gasteiger partial charge < -0.3 is 9.29 Å². The maximum absolute atomic E-state index is 12.0. The molecule has 3 aromatic rings. The van der Waals surface area contributed by atoms with E-state index in [9.17, 15) is 17.8 Å². The topological polar surface area (TPSA) is 83.5 Å². The van der Waals surface area contributed by atoms with E-state index in [4.69, 9.17) is 4.74 Å². The van der Waals surface area contributed by atoms with Crippen molar-refractivity contribution in [1.29, 1.82) is 0 Å². The Morgan fingerprint density at radius 3 is 1.64 bits per heavy atom. The van der Waals surface area contributed by atoms with Gasteiger partial charge in [0.1, 0.15) is 26.7 Å². The maximum atomic E-state index is 12.0. The first-order valence-corrected chi connectivity index (χ1v) is 16.0. The highest BCUT2D eigenvalue weighted by molar-refractivity contribution is 7.97. The lowest BCUT2D eigenvalue weighted by Crippen LogP contribution is -2.38. The Morgan fingerprint density at radius 2 is 1.28 bits per heavy atom. The summed E-state index contributed by atoms with van der Waals surface area (Å²) >= 11 is 0.